The molecule has 0 fully saturated rings. The van der Waals surface area contributed by atoms with Crippen LogP contribution in [0.3, 0.4) is 0 Å². The molecule has 132 valence electrons. The van der Waals surface area contributed by atoms with E-state index in [4.69, 9.17) is 5.11 Å². The van der Waals surface area contributed by atoms with Crippen molar-refractivity contribution in [3.05, 3.63) is 29.8 Å². The molecule has 0 unspecified atom stereocenters. The van der Waals surface area contributed by atoms with E-state index in [1.54, 1.807) is 18.2 Å². The minimum Gasteiger partial charge on any atom is -0.481 e. The van der Waals surface area contributed by atoms with Crippen LogP contribution in [0.25, 0.3) is 0 Å². The van der Waals surface area contributed by atoms with E-state index in [1.807, 2.05) is 19.9 Å². The van der Waals surface area contributed by atoms with E-state index in [0.29, 0.717) is 23.8 Å². The first-order valence-electron chi connectivity index (χ1n) is 7.82. The molecule has 1 aromatic rings. The third-order valence-electron chi connectivity index (χ3n) is 3.10. The van der Waals surface area contributed by atoms with Crippen molar-refractivity contribution in [3.8, 4) is 0 Å². The maximum atomic E-state index is 11.9. The summed E-state index contributed by atoms with van der Waals surface area (Å²) in [7, 11) is 0. The predicted molar refractivity (Wildman–Crippen MR) is 96.0 cm³/mol. The standard InChI is InChI=1S/C17H24N2O4S/c1-12(2)6-7-15(20)18-9-16(21)19-14-5-3-4-13(8-14)10-24-11-17(22)23/h3-5,8,12H,6-7,9-11H2,1-2H3,(H,18,20)(H,19,21)(H,22,23). The summed E-state index contributed by atoms with van der Waals surface area (Å²) < 4.78 is 0. The van der Waals surface area contributed by atoms with E-state index < -0.39 is 5.97 Å². The van der Waals surface area contributed by atoms with Crippen molar-refractivity contribution >= 4 is 35.2 Å². The predicted octanol–water partition coefficient (Wildman–Crippen LogP) is 2.50. The van der Waals surface area contributed by atoms with Gasteiger partial charge < -0.3 is 15.7 Å². The lowest BCUT2D eigenvalue weighted by Gasteiger charge is -2.09. The summed E-state index contributed by atoms with van der Waals surface area (Å²) in [5, 5.41) is 13.9. The molecule has 3 N–H and O–H groups in total. The van der Waals surface area contributed by atoms with E-state index in [1.165, 1.54) is 11.8 Å². The van der Waals surface area contributed by atoms with Crippen LogP contribution in [0.5, 0.6) is 0 Å². The highest BCUT2D eigenvalue weighted by Crippen LogP contribution is 2.16. The lowest BCUT2D eigenvalue weighted by Crippen LogP contribution is -2.32. The number of rotatable bonds is 10. The van der Waals surface area contributed by atoms with Crippen molar-refractivity contribution in [1.29, 1.82) is 0 Å². The number of amides is 2. The van der Waals surface area contributed by atoms with Gasteiger partial charge >= 0.3 is 5.97 Å². The molecule has 0 aliphatic heterocycles. The fourth-order valence-corrected chi connectivity index (χ4v) is 2.58. The first kappa shape index (κ1) is 20.0. The molecule has 1 aromatic carbocycles. The third-order valence-corrected chi connectivity index (χ3v) is 4.09. The van der Waals surface area contributed by atoms with Gasteiger partial charge in [0, 0.05) is 17.9 Å². The molecule has 6 nitrogen and oxygen atoms in total. The lowest BCUT2D eigenvalue weighted by atomic mass is 10.1. The molecule has 24 heavy (non-hydrogen) atoms. The summed E-state index contributed by atoms with van der Waals surface area (Å²) in [6, 6.07) is 7.23. The van der Waals surface area contributed by atoms with Crippen molar-refractivity contribution < 1.29 is 19.5 Å². The number of aliphatic carboxylic acids is 1. The first-order valence-corrected chi connectivity index (χ1v) is 8.97. The van der Waals surface area contributed by atoms with Gasteiger partial charge in [-0.25, -0.2) is 0 Å². The highest BCUT2D eigenvalue weighted by molar-refractivity contribution is 7.99. The molecule has 2 amide bonds. The molecule has 0 spiro atoms. The van der Waals surface area contributed by atoms with Gasteiger partial charge in [0.1, 0.15) is 0 Å². The number of anilines is 1. The maximum Gasteiger partial charge on any atom is 0.313 e. The van der Waals surface area contributed by atoms with Gasteiger partial charge in [0.05, 0.1) is 12.3 Å². The Bertz CT molecular complexity index is 575. The number of carbonyl (C=O) groups is 3. The minimum absolute atomic E-state index is 0.0407. The monoisotopic (exact) mass is 352 g/mol. The second kappa shape index (κ2) is 10.7. The highest BCUT2D eigenvalue weighted by Gasteiger charge is 2.07. The van der Waals surface area contributed by atoms with E-state index in [0.717, 1.165) is 12.0 Å². The fourth-order valence-electron chi connectivity index (χ4n) is 1.89. The van der Waals surface area contributed by atoms with Crippen LogP contribution < -0.4 is 10.6 Å². The molecule has 0 radical (unpaired) electrons. The van der Waals surface area contributed by atoms with Crippen molar-refractivity contribution in [2.24, 2.45) is 5.92 Å². The van der Waals surface area contributed by atoms with E-state index in [9.17, 15) is 14.4 Å². The number of hydrogen-bond acceptors (Lipinski definition) is 4. The normalized spacial score (nSPS) is 10.5. The Morgan fingerprint density at radius 2 is 1.96 bits per heavy atom. The molecule has 1 rings (SSSR count). The zero-order valence-corrected chi connectivity index (χ0v) is 14.8. The molecule has 0 aromatic heterocycles. The topological polar surface area (TPSA) is 95.5 Å². The van der Waals surface area contributed by atoms with Gasteiger partial charge in [-0.1, -0.05) is 26.0 Å². The minimum atomic E-state index is -0.849. The van der Waals surface area contributed by atoms with Gasteiger partial charge in [-0.2, -0.15) is 0 Å². The summed E-state index contributed by atoms with van der Waals surface area (Å²) >= 11 is 1.29. The molecule has 0 atom stereocenters. The van der Waals surface area contributed by atoms with Crippen molar-refractivity contribution in [3.63, 3.8) is 0 Å². The first-order chi connectivity index (χ1) is 11.4. The molecular formula is C17H24N2O4S. The van der Waals surface area contributed by atoms with E-state index in [2.05, 4.69) is 10.6 Å². The van der Waals surface area contributed by atoms with Gasteiger partial charge in [-0.3, -0.25) is 14.4 Å². The molecule has 0 bridgehead atoms. The molecule has 0 aliphatic carbocycles. The van der Waals surface area contributed by atoms with Crippen LogP contribution in [0.1, 0.15) is 32.3 Å². The quantitative estimate of drug-likeness (QED) is 0.601. The molecule has 0 heterocycles. The summed E-state index contributed by atoms with van der Waals surface area (Å²) in [6.07, 6.45) is 1.21. The Labute approximate surface area is 146 Å². The smallest absolute Gasteiger partial charge is 0.313 e. The molecule has 7 heteroatoms. The third kappa shape index (κ3) is 9.19. The summed E-state index contributed by atoms with van der Waals surface area (Å²) in [5.74, 6) is -0.217. The lowest BCUT2D eigenvalue weighted by molar-refractivity contribution is -0.134. The van der Waals surface area contributed by atoms with E-state index in [-0.39, 0.29) is 24.1 Å². The van der Waals surface area contributed by atoms with Gasteiger partial charge in [0.25, 0.3) is 0 Å². The number of carboxylic acid groups (broad SMARTS) is 1. The second-order valence-electron chi connectivity index (χ2n) is 5.84. The van der Waals surface area contributed by atoms with Crippen LogP contribution in [0.2, 0.25) is 0 Å². The van der Waals surface area contributed by atoms with Crippen LogP contribution in [0, 0.1) is 5.92 Å². The van der Waals surface area contributed by atoms with Crippen LogP contribution in [-0.4, -0.2) is 35.2 Å². The number of thioether (sulfide) groups is 1. The Hall–Kier alpha value is -2.02. The summed E-state index contributed by atoms with van der Waals surface area (Å²) in [6.45, 7) is 4.03. The Morgan fingerprint density at radius 1 is 1.21 bits per heavy atom. The van der Waals surface area contributed by atoms with Gasteiger partial charge in [0.15, 0.2) is 0 Å². The van der Waals surface area contributed by atoms with Crippen molar-refractivity contribution in [2.45, 2.75) is 32.4 Å². The number of carboxylic acids is 1. The van der Waals surface area contributed by atoms with Gasteiger partial charge in [-0.05, 0) is 30.0 Å². The summed E-state index contributed by atoms with van der Waals surface area (Å²) in [4.78, 5) is 34.0. The number of hydrogen-bond donors (Lipinski definition) is 3. The van der Waals surface area contributed by atoms with Gasteiger partial charge in [0.2, 0.25) is 11.8 Å². The highest BCUT2D eigenvalue weighted by atomic mass is 32.2. The zero-order chi connectivity index (χ0) is 17.9. The average Bonchev–Trinajstić information content (AvgIpc) is 2.51. The Balaban J connectivity index is 2.38. The number of carbonyl (C=O) groups excluding carboxylic acids is 2. The van der Waals surface area contributed by atoms with Crippen LogP contribution in [-0.2, 0) is 20.1 Å². The summed E-state index contributed by atoms with van der Waals surface area (Å²) in [5.41, 5.74) is 1.56. The number of nitrogens with one attached hydrogen (secondary N) is 2. The average molecular weight is 352 g/mol. The molecule has 0 aliphatic rings. The van der Waals surface area contributed by atoms with Crippen LogP contribution in [0.4, 0.5) is 5.69 Å². The molecular weight excluding hydrogens is 328 g/mol. The second-order valence-corrected chi connectivity index (χ2v) is 6.83. The SMILES string of the molecule is CC(C)CCC(=O)NCC(=O)Nc1cccc(CSCC(=O)O)c1. The van der Waals surface area contributed by atoms with Crippen LogP contribution >= 0.6 is 11.8 Å². The molecule has 0 saturated carbocycles. The Kier molecular flexibility index (Phi) is 8.93. The van der Waals surface area contributed by atoms with Gasteiger partial charge in [-0.15, -0.1) is 11.8 Å². The van der Waals surface area contributed by atoms with Crippen molar-refractivity contribution in [2.75, 3.05) is 17.6 Å². The largest absolute Gasteiger partial charge is 0.481 e. The fraction of sp³-hybridized carbons (Fsp3) is 0.471. The van der Waals surface area contributed by atoms with Crippen molar-refractivity contribution in [1.82, 2.24) is 5.32 Å². The van der Waals surface area contributed by atoms with E-state index >= 15 is 0 Å². The van der Waals surface area contributed by atoms with Crippen LogP contribution in [0.15, 0.2) is 24.3 Å². The number of benzene rings is 1. The molecule has 0 saturated heterocycles. The zero-order valence-electron chi connectivity index (χ0n) is 14.0. The Morgan fingerprint density at radius 3 is 2.62 bits per heavy atom. The maximum absolute atomic E-state index is 11.9.